The van der Waals surface area contributed by atoms with E-state index in [0.29, 0.717) is 18.1 Å². The van der Waals surface area contributed by atoms with Crippen LogP contribution in [0.2, 0.25) is 0 Å². The molecule has 2 amide bonds. The Morgan fingerprint density at radius 2 is 2.32 bits per heavy atom. The molecule has 0 aliphatic carbocycles. The van der Waals surface area contributed by atoms with Crippen molar-refractivity contribution in [3.05, 3.63) is 41.4 Å². The summed E-state index contributed by atoms with van der Waals surface area (Å²) in [6, 6.07) is 4.18. The minimum absolute atomic E-state index is 0.289. The first-order chi connectivity index (χ1) is 10.6. The summed E-state index contributed by atoms with van der Waals surface area (Å²) < 4.78 is 15.1. The molecule has 0 radical (unpaired) electrons. The summed E-state index contributed by atoms with van der Waals surface area (Å²) in [6.45, 7) is 0.427. The van der Waals surface area contributed by atoms with Crippen LogP contribution in [-0.4, -0.2) is 27.1 Å². The summed E-state index contributed by atoms with van der Waals surface area (Å²) in [6.07, 6.45) is 2.18. The van der Waals surface area contributed by atoms with E-state index < -0.39 is 0 Å². The standard InChI is InChI=1S/C14H14FN5OS/c1-20-11-8-9(15)2-3-10(11)18-12(20)4-5-16-13(21)19-14-17-6-7-22-14/h2-3,6-8H,4-5H2,1H3,(H2,16,17,19,21). The fourth-order valence-corrected chi connectivity index (χ4v) is 2.67. The third-order valence-electron chi connectivity index (χ3n) is 3.22. The highest BCUT2D eigenvalue weighted by atomic mass is 32.1. The highest BCUT2D eigenvalue weighted by Gasteiger charge is 2.09. The molecule has 22 heavy (non-hydrogen) atoms. The Balaban J connectivity index is 1.59. The number of hydrogen-bond donors (Lipinski definition) is 2. The van der Waals surface area contributed by atoms with Crippen LogP contribution < -0.4 is 10.6 Å². The van der Waals surface area contributed by atoms with Crippen molar-refractivity contribution in [2.75, 3.05) is 11.9 Å². The van der Waals surface area contributed by atoms with Gasteiger partial charge in [-0.15, -0.1) is 11.3 Å². The van der Waals surface area contributed by atoms with E-state index in [2.05, 4.69) is 20.6 Å². The van der Waals surface area contributed by atoms with Crippen LogP contribution in [0, 0.1) is 5.82 Å². The number of thiazole rings is 1. The maximum atomic E-state index is 13.3. The lowest BCUT2D eigenvalue weighted by molar-refractivity contribution is 0.252. The molecule has 3 rings (SSSR count). The monoisotopic (exact) mass is 319 g/mol. The van der Waals surface area contributed by atoms with E-state index in [9.17, 15) is 9.18 Å². The maximum absolute atomic E-state index is 13.3. The third-order valence-corrected chi connectivity index (χ3v) is 3.91. The molecule has 2 N–H and O–H groups in total. The van der Waals surface area contributed by atoms with Gasteiger partial charge in [0.2, 0.25) is 0 Å². The summed E-state index contributed by atoms with van der Waals surface area (Å²) in [5.74, 6) is 0.498. The van der Waals surface area contributed by atoms with E-state index in [1.165, 1.54) is 23.5 Å². The molecule has 3 aromatic rings. The van der Waals surface area contributed by atoms with Gasteiger partial charge in [-0.05, 0) is 18.2 Å². The summed E-state index contributed by atoms with van der Waals surface area (Å²) in [5.41, 5.74) is 1.48. The van der Waals surface area contributed by atoms with Crippen LogP contribution in [0.5, 0.6) is 0 Å². The molecule has 6 nitrogen and oxygen atoms in total. The van der Waals surface area contributed by atoms with Gasteiger partial charge in [-0.2, -0.15) is 0 Å². The molecule has 8 heteroatoms. The largest absolute Gasteiger partial charge is 0.337 e. The number of fused-ring (bicyclic) bond motifs is 1. The highest BCUT2D eigenvalue weighted by molar-refractivity contribution is 7.13. The van der Waals surface area contributed by atoms with Gasteiger partial charge in [-0.1, -0.05) is 0 Å². The molecule has 2 aromatic heterocycles. The number of rotatable bonds is 4. The molecule has 0 aliphatic heterocycles. The number of benzene rings is 1. The van der Waals surface area contributed by atoms with Crippen LogP contribution in [0.15, 0.2) is 29.8 Å². The first-order valence-corrected chi connectivity index (χ1v) is 7.56. The predicted molar refractivity (Wildman–Crippen MR) is 83.5 cm³/mol. The van der Waals surface area contributed by atoms with Gasteiger partial charge in [0.1, 0.15) is 11.6 Å². The molecular formula is C14H14FN5OS. The van der Waals surface area contributed by atoms with Crippen molar-refractivity contribution in [3.63, 3.8) is 0 Å². The van der Waals surface area contributed by atoms with Crippen LogP contribution in [0.4, 0.5) is 14.3 Å². The Morgan fingerprint density at radius 1 is 1.45 bits per heavy atom. The van der Waals surface area contributed by atoms with Gasteiger partial charge in [-0.3, -0.25) is 5.32 Å². The molecule has 0 aliphatic rings. The van der Waals surface area contributed by atoms with Crippen molar-refractivity contribution in [2.24, 2.45) is 7.05 Å². The lowest BCUT2D eigenvalue weighted by Gasteiger charge is -2.05. The molecule has 0 saturated carbocycles. The topological polar surface area (TPSA) is 71.8 Å². The van der Waals surface area contributed by atoms with Gasteiger partial charge in [0.05, 0.1) is 11.0 Å². The smallest absolute Gasteiger partial charge is 0.321 e. The average Bonchev–Trinajstić information content (AvgIpc) is 3.09. The van der Waals surface area contributed by atoms with Crippen molar-refractivity contribution in [1.29, 1.82) is 0 Å². The van der Waals surface area contributed by atoms with Gasteiger partial charge < -0.3 is 9.88 Å². The first kappa shape index (κ1) is 14.5. The number of nitrogens with one attached hydrogen (secondary N) is 2. The van der Waals surface area contributed by atoms with E-state index in [1.54, 1.807) is 17.6 Å². The van der Waals surface area contributed by atoms with Crippen LogP contribution in [0.1, 0.15) is 5.82 Å². The Labute approximate surface area is 130 Å². The summed E-state index contributed by atoms with van der Waals surface area (Å²) in [7, 11) is 1.83. The molecule has 0 saturated heterocycles. The molecule has 0 atom stereocenters. The van der Waals surface area contributed by atoms with Gasteiger partial charge in [0.15, 0.2) is 5.13 Å². The second-order valence-corrected chi connectivity index (χ2v) is 5.58. The summed E-state index contributed by atoms with van der Waals surface area (Å²) in [5, 5.41) is 7.72. The number of anilines is 1. The van der Waals surface area contributed by atoms with E-state index in [0.717, 1.165) is 16.9 Å². The summed E-state index contributed by atoms with van der Waals surface area (Å²) >= 11 is 1.35. The summed E-state index contributed by atoms with van der Waals surface area (Å²) in [4.78, 5) is 20.1. The van der Waals surface area contributed by atoms with Crippen LogP contribution in [0.3, 0.4) is 0 Å². The number of nitrogens with zero attached hydrogens (tertiary/aromatic N) is 3. The third kappa shape index (κ3) is 3.06. The highest BCUT2D eigenvalue weighted by Crippen LogP contribution is 2.16. The minimum Gasteiger partial charge on any atom is -0.337 e. The minimum atomic E-state index is -0.306. The molecule has 1 aromatic carbocycles. The van der Waals surface area contributed by atoms with Crippen molar-refractivity contribution in [3.8, 4) is 0 Å². The van der Waals surface area contributed by atoms with Gasteiger partial charge in [0, 0.05) is 31.6 Å². The molecule has 0 unspecified atom stereocenters. The van der Waals surface area contributed by atoms with Crippen molar-refractivity contribution < 1.29 is 9.18 Å². The van der Waals surface area contributed by atoms with Gasteiger partial charge >= 0.3 is 6.03 Å². The van der Waals surface area contributed by atoms with Gasteiger partial charge in [-0.25, -0.2) is 19.2 Å². The molecule has 0 spiro atoms. The predicted octanol–water partition coefficient (Wildman–Crippen LogP) is 2.53. The Bertz CT molecular complexity index is 799. The number of amides is 2. The molecular weight excluding hydrogens is 305 g/mol. The van der Waals surface area contributed by atoms with E-state index in [1.807, 2.05) is 11.6 Å². The van der Waals surface area contributed by atoms with Crippen LogP contribution >= 0.6 is 11.3 Å². The molecule has 114 valence electrons. The molecule has 0 fully saturated rings. The number of imidazole rings is 1. The SMILES string of the molecule is Cn1c(CCNC(=O)Nc2nccs2)nc2ccc(F)cc21. The molecule has 0 bridgehead atoms. The maximum Gasteiger partial charge on any atom is 0.321 e. The van der Waals surface area contributed by atoms with E-state index in [-0.39, 0.29) is 11.8 Å². The zero-order chi connectivity index (χ0) is 15.5. The van der Waals surface area contributed by atoms with Crippen molar-refractivity contribution in [1.82, 2.24) is 19.9 Å². The zero-order valence-corrected chi connectivity index (χ0v) is 12.7. The number of carbonyl (C=O) groups is 1. The quantitative estimate of drug-likeness (QED) is 0.776. The van der Waals surface area contributed by atoms with Crippen LogP contribution in [0.25, 0.3) is 11.0 Å². The Hall–Kier alpha value is -2.48. The second-order valence-electron chi connectivity index (χ2n) is 4.69. The first-order valence-electron chi connectivity index (χ1n) is 6.68. The Morgan fingerprint density at radius 3 is 3.09 bits per heavy atom. The number of halogens is 1. The number of aryl methyl sites for hydroxylation is 1. The molecule has 2 heterocycles. The van der Waals surface area contributed by atoms with Crippen LogP contribution in [-0.2, 0) is 13.5 Å². The van der Waals surface area contributed by atoms with Crippen molar-refractivity contribution in [2.45, 2.75) is 6.42 Å². The average molecular weight is 319 g/mol. The number of urea groups is 1. The zero-order valence-electron chi connectivity index (χ0n) is 11.8. The Kier molecular flexibility index (Phi) is 4.01. The number of carbonyl (C=O) groups excluding carboxylic acids is 1. The van der Waals surface area contributed by atoms with Gasteiger partial charge in [0.25, 0.3) is 0 Å². The van der Waals surface area contributed by atoms with E-state index >= 15 is 0 Å². The normalized spacial score (nSPS) is 10.8. The van der Waals surface area contributed by atoms with E-state index in [4.69, 9.17) is 0 Å². The fraction of sp³-hybridized carbons (Fsp3) is 0.214. The number of aromatic nitrogens is 3. The van der Waals surface area contributed by atoms with Crippen molar-refractivity contribution >= 4 is 33.5 Å². The lowest BCUT2D eigenvalue weighted by Crippen LogP contribution is -2.30. The lowest BCUT2D eigenvalue weighted by atomic mass is 10.3. The fourth-order valence-electron chi connectivity index (χ4n) is 2.15. The number of hydrogen-bond acceptors (Lipinski definition) is 4. The second kappa shape index (κ2) is 6.10.